The number of methoxy groups -OCH3 is 1. The molecule has 1 aromatic carbocycles. The highest BCUT2D eigenvalue weighted by Crippen LogP contribution is 2.33. The summed E-state index contributed by atoms with van der Waals surface area (Å²) in [5.74, 6) is 0. The van der Waals surface area contributed by atoms with Crippen molar-refractivity contribution in [1.29, 1.82) is 0 Å². The van der Waals surface area contributed by atoms with Gasteiger partial charge in [-0.3, -0.25) is 0 Å². The SMILES string of the molecule is COC1OC(COCc2ccccc2)C(F)C1(C)O. The molecule has 2 rings (SSSR count). The summed E-state index contributed by atoms with van der Waals surface area (Å²) in [7, 11) is 1.37. The van der Waals surface area contributed by atoms with Crippen molar-refractivity contribution >= 4 is 0 Å². The molecule has 4 atom stereocenters. The molecule has 5 heteroatoms. The van der Waals surface area contributed by atoms with Crippen LogP contribution >= 0.6 is 0 Å². The van der Waals surface area contributed by atoms with Crippen LogP contribution in [0.25, 0.3) is 0 Å². The van der Waals surface area contributed by atoms with Crippen molar-refractivity contribution in [3.63, 3.8) is 0 Å². The summed E-state index contributed by atoms with van der Waals surface area (Å²) >= 11 is 0. The number of aliphatic hydroxyl groups is 1. The molecule has 1 aliphatic rings. The van der Waals surface area contributed by atoms with Crippen LogP contribution < -0.4 is 0 Å². The average molecular weight is 270 g/mol. The Morgan fingerprint density at radius 3 is 2.63 bits per heavy atom. The molecule has 0 saturated carbocycles. The fourth-order valence-electron chi connectivity index (χ4n) is 2.16. The van der Waals surface area contributed by atoms with Crippen molar-refractivity contribution in [2.45, 2.75) is 37.7 Å². The maximum atomic E-state index is 14.0. The predicted molar refractivity (Wildman–Crippen MR) is 67.3 cm³/mol. The van der Waals surface area contributed by atoms with E-state index in [9.17, 15) is 9.50 Å². The van der Waals surface area contributed by atoms with Gasteiger partial charge in [-0.15, -0.1) is 0 Å². The van der Waals surface area contributed by atoms with Crippen molar-refractivity contribution in [2.75, 3.05) is 13.7 Å². The fraction of sp³-hybridized carbons (Fsp3) is 0.571. The highest BCUT2D eigenvalue weighted by Gasteiger charge is 2.53. The molecule has 19 heavy (non-hydrogen) atoms. The van der Waals surface area contributed by atoms with Gasteiger partial charge in [0, 0.05) is 7.11 Å². The molecule has 0 radical (unpaired) electrons. The zero-order valence-corrected chi connectivity index (χ0v) is 11.1. The van der Waals surface area contributed by atoms with Gasteiger partial charge in [-0.05, 0) is 12.5 Å². The Hall–Kier alpha value is -1.01. The molecule has 106 valence electrons. The van der Waals surface area contributed by atoms with E-state index in [1.54, 1.807) is 0 Å². The van der Waals surface area contributed by atoms with Crippen molar-refractivity contribution < 1.29 is 23.7 Å². The lowest BCUT2D eigenvalue weighted by Gasteiger charge is -2.23. The first kappa shape index (κ1) is 14.4. The van der Waals surface area contributed by atoms with Crippen molar-refractivity contribution in [2.24, 2.45) is 0 Å². The van der Waals surface area contributed by atoms with Gasteiger partial charge in [-0.1, -0.05) is 30.3 Å². The molecule has 4 unspecified atom stereocenters. The maximum absolute atomic E-state index is 14.0. The van der Waals surface area contributed by atoms with Crippen LogP contribution in [0.5, 0.6) is 0 Å². The van der Waals surface area contributed by atoms with Crippen LogP contribution in [0.4, 0.5) is 4.39 Å². The normalized spacial score (nSPS) is 34.6. The fourth-order valence-corrected chi connectivity index (χ4v) is 2.16. The average Bonchev–Trinajstić information content (AvgIpc) is 2.63. The summed E-state index contributed by atoms with van der Waals surface area (Å²) in [4.78, 5) is 0. The molecule has 1 N–H and O–H groups in total. The van der Waals surface area contributed by atoms with Gasteiger partial charge in [0.2, 0.25) is 0 Å². The molecular weight excluding hydrogens is 251 g/mol. The van der Waals surface area contributed by atoms with Crippen LogP contribution in [0.2, 0.25) is 0 Å². The van der Waals surface area contributed by atoms with Gasteiger partial charge in [0.25, 0.3) is 0 Å². The van der Waals surface area contributed by atoms with E-state index in [2.05, 4.69) is 0 Å². The van der Waals surface area contributed by atoms with Gasteiger partial charge in [0.1, 0.15) is 11.7 Å². The van der Waals surface area contributed by atoms with Gasteiger partial charge < -0.3 is 19.3 Å². The smallest absolute Gasteiger partial charge is 0.189 e. The standard InChI is InChI=1S/C14H19FO4/c1-14(16)12(15)11(19-13(14)17-2)9-18-8-10-6-4-3-5-7-10/h3-7,11-13,16H,8-9H2,1-2H3. The van der Waals surface area contributed by atoms with Gasteiger partial charge in [0.05, 0.1) is 13.2 Å². The van der Waals surface area contributed by atoms with Crippen LogP contribution in [-0.4, -0.2) is 43.0 Å². The summed E-state index contributed by atoms with van der Waals surface area (Å²) in [5, 5.41) is 9.93. The molecule has 1 fully saturated rings. The van der Waals surface area contributed by atoms with Gasteiger partial charge >= 0.3 is 0 Å². The van der Waals surface area contributed by atoms with Crippen LogP contribution in [-0.2, 0) is 20.8 Å². The lowest BCUT2D eigenvalue weighted by atomic mass is 9.99. The zero-order valence-electron chi connectivity index (χ0n) is 11.1. The van der Waals surface area contributed by atoms with Gasteiger partial charge in [-0.25, -0.2) is 4.39 Å². The Kier molecular flexibility index (Phi) is 4.52. The van der Waals surface area contributed by atoms with E-state index in [1.165, 1.54) is 14.0 Å². The summed E-state index contributed by atoms with van der Waals surface area (Å²) in [6, 6.07) is 9.59. The number of rotatable bonds is 5. The number of hydrogen-bond donors (Lipinski definition) is 1. The van der Waals surface area contributed by atoms with Crippen molar-refractivity contribution in [3.05, 3.63) is 35.9 Å². The molecule has 0 aromatic heterocycles. The van der Waals surface area contributed by atoms with Crippen molar-refractivity contribution in [1.82, 2.24) is 0 Å². The lowest BCUT2D eigenvalue weighted by Crippen LogP contribution is -2.44. The van der Waals surface area contributed by atoms with E-state index in [0.29, 0.717) is 6.61 Å². The van der Waals surface area contributed by atoms with E-state index < -0.39 is 24.2 Å². The van der Waals surface area contributed by atoms with E-state index in [4.69, 9.17) is 14.2 Å². The molecule has 4 nitrogen and oxygen atoms in total. The zero-order chi connectivity index (χ0) is 13.9. The van der Waals surface area contributed by atoms with E-state index in [0.717, 1.165) is 5.56 Å². The predicted octanol–water partition coefficient (Wildman–Crippen LogP) is 1.66. The maximum Gasteiger partial charge on any atom is 0.189 e. The minimum absolute atomic E-state index is 0.0755. The summed E-state index contributed by atoms with van der Waals surface area (Å²) in [6.07, 6.45) is -3.32. The third-order valence-corrected chi connectivity index (χ3v) is 3.27. The Morgan fingerprint density at radius 2 is 2.05 bits per heavy atom. The highest BCUT2D eigenvalue weighted by molar-refractivity contribution is 5.13. The second kappa shape index (κ2) is 5.96. The first-order valence-electron chi connectivity index (χ1n) is 6.22. The van der Waals surface area contributed by atoms with Gasteiger partial charge in [-0.2, -0.15) is 0 Å². The summed E-state index contributed by atoms with van der Waals surface area (Å²) in [6.45, 7) is 1.82. The molecule has 0 amide bonds. The number of halogens is 1. The van der Waals surface area contributed by atoms with E-state index in [1.807, 2.05) is 30.3 Å². The van der Waals surface area contributed by atoms with E-state index >= 15 is 0 Å². The Balaban J connectivity index is 1.84. The summed E-state index contributed by atoms with van der Waals surface area (Å²) in [5.41, 5.74) is -0.638. The molecule has 1 saturated heterocycles. The molecular formula is C14H19FO4. The third-order valence-electron chi connectivity index (χ3n) is 3.27. The molecule has 0 spiro atoms. The Bertz CT molecular complexity index is 396. The number of ether oxygens (including phenoxy) is 3. The van der Waals surface area contributed by atoms with Crippen LogP contribution in [0.3, 0.4) is 0 Å². The van der Waals surface area contributed by atoms with Crippen LogP contribution in [0.15, 0.2) is 30.3 Å². The largest absolute Gasteiger partial charge is 0.382 e. The van der Waals surface area contributed by atoms with Crippen LogP contribution in [0.1, 0.15) is 12.5 Å². The third kappa shape index (κ3) is 3.12. The molecule has 0 aliphatic carbocycles. The number of benzene rings is 1. The number of alkyl halides is 1. The second-order valence-electron chi connectivity index (χ2n) is 4.87. The van der Waals surface area contributed by atoms with Crippen molar-refractivity contribution in [3.8, 4) is 0 Å². The molecule has 1 aliphatic heterocycles. The topological polar surface area (TPSA) is 47.9 Å². The lowest BCUT2D eigenvalue weighted by molar-refractivity contribution is -0.186. The Morgan fingerprint density at radius 1 is 1.37 bits per heavy atom. The molecule has 1 aromatic rings. The van der Waals surface area contributed by atoms with Gasteiger partial charge in [0.15, 0.2) is 12.5 Å². The first-order valence-corrected chi connectivity index (χ1v) is 6.22. The summed E-state index contributed by atoms with van der Waals surface area (Å²) < 4.78 is 29.6. The quantitative estimate of drug-likeness (QED) is 0.884. The highest BCUT2D eigenvalue weighted by atomic mass is 19.1. The first-order chi connectivity index (χ1) is 9.05. The number of hydrogen-bond acceptors (Lipinski definition) is 4. The second-order valence-corrected chi connectivity index (χ2v) is 4.87. The van der Waals surface area contributed by atoms with Crippen LogP contribution in [0, 0.1) is 0 Å². The van der Waals surface area contributed by atoms with E-state index in [-0.39, 0.29) is 6.61 Å². The minimum atomic E-state index is -1.64. The molecule has 1 heterocycles. The Labute approximate surface area is 112 Å². The monoisotopic (exact) mass is 270 g/mol. The minimum Gasteiger partial charge on any atom is -0.382 e. The molecule has 0 bridgehead atoms.